The summed E-state index contributed by atoms with van der Waals surface area (Å²) in [4.78, 5) is 11.6. The predicted octanol–water partition coefficient (Wildman–Crippen LogP) is 2.27. The summed E-state index contributed by atoms with van der Waals surface area (Å²) in [5.74, 6) is -0.0231. The maximum atomic E-state index is 11.6. The minimum absolute atomic E-state index is 0.0231. The number of alkyl halides is 1. The van der Waals surface area contributed by atoms with Crippen LogP contribution in [0.4, 0.5) is 0 Å². The van der Waals surface area contributed by atoms with Crippen LogP contribution in [0.25, 0.3) is 11.0 Å². The summed E-state index contributed by atoms with van der Waals surface area (Å²) in [6.45, 7) is 0.680. The van der Waals surface area contributed by atoms with Gasteiger partial charge in [-0.15, -0.1) is 0 Å². The smallest absolute Gasteiger partial charge is 0.226 e. The minimum Gasteiger partial charge on any atom is -0.356 e. The summed E-state index contributed by atoms with van der Waals surface area (Å²) in [5.41, 5.74) is 1.41. The predicted molar refractivity (Wildman–Crippen MR) is 69.1 cm³/mol. The maximum absolute atomic E-state index is 11.6. The fraction of sp³-hybridized carbons (Fsp3) is 0.333. The monoisotopic (exact) mass is 296 g/mol. The molecule has 2 rings (SSSR count). The van der Waals surface area contributed by atoms with Crippen LogP contribution in [0.5, 0.6) is 0 Å². The van der Waals surface area contributed by atoms with Crippen molar-refractivity contribution >= 4 is 32.8 Å². The number of nitrogens with one attached hydrogen (secondary N) is 1. The van der Waals surface area contributed by atoms with E-state index in [2.05, 4.69) is 26.4 Å². The lowest BCUT2D eigenvalue weighted by atomic mass is 10.1. The Bertz CT molecular complexity index is 510. The molecule has 0 spiro atoms. The molecule has 1 aromatic carbocycles. The number of rotatable bonds is 5. The molecule has 0 aliphatic heterocycles. The van der Waals surface area contributed by atoms with Gasteiger partial charge in [-0.05, 0) is 18.6 Å². The lowest BCUT2D eigenvalue weighted by Crippen LogP contribution is -2.26. The van der Waals surface area contributed by atoms with Crippen molar-refractivity contribution in [2.45, 2.75) is 12.8 Å². The SMILES string of the molecule is O=C(Cc1noc2ccccc12)NCCCBr. The number of benzene rings is 1. The highest BCUT2D eigenvalue weighted by atomic mass is 79.9. The first kappa shape index (κ1) is 12.1. The second-order valence-electron chi connectivity index (χ2n) is 3.69. The first-order valence-electron chi connectivity index (χ1n) is 5.47. The van der Waals surface area contributed by atoms with Gasteiger partial charge in [0.15, 0.2) is 5.58 Å². The molecular formula is C12H13BrN2O2. The molecule has 0 aliphatic rings. The largest absolute Gasteiger partial charge is 0.356 e. The molecule has 1 amide bonds. The zero-order chi connectivity index (χ0) is 12.1. The Labute approximate surface area is 107 Å². The number of hydrogen-bond donors (Lipinski definition) is 1. The van der Waals surface area contributed by atoms with E-state index in [0.29, 0.717) is 12.2 Å². The van der Waals surface area contributed by atoms with Crippen molar-refractivity contribution in [2.24, 2.45) is 0 Å². The quantitative estimate of drug-likeness (QED) is 0.680. The number of para-hydroxylation sites is 1. The molecule has 0 saturated carbocycles. The van der Waals surface area contributed by atoms with Gasteiger partial charge in [-0.1, -0.05) is 33.2 Å². The van der Waals surface area contributed by atoms with E-state index in [0.717, 1.165) is 22.7 Å². The van der Waals surface area contributed by atoms with Crippen LogP contribution in [-0.2, 0) is 11.2 Å². The third-order valence-electron chi connectivity index (χ3n) is 2.41. The van der Waals surface area contributed by atoms with Crippen molar-refractivity contribution in [3.63, 3.8) is 0 Å². The van der Waals surface area contributed by atoms with Crippen LogP contribution < -0.4 is 5.32 Å². The van der Waals surface area contributed by atoms with E-state index < -0.39 is 0 Å². The Hall–Kier alpha value is -1.36. The zero-order valence-electron chi connectivity index (χ0n) is 9.28. The van der Waals surface area contributed by atoms with Crippen LogP contribution in [-0.4, -0.2) is 22.9 Å². The summed E-state index contributed by atoms with van der Waals surface area (Å²) < 4.78 is 5.14. The van der Waals surface area contributed by atoms with Gasteiger partial charge in [-0.3, -0.25) is 4.79 Å². The van der Waals surface area contributed by atoms with Crippen LogP contribution >= 0.6 is 15.9 Å². The van der Waals surface area contributed by atoms with Gasteiger partial charge in [0, 0.05) is 17.3 Å². The summed E-state index contributed by atoms with van der Waals surface area (Å²) in [6.07, 6.45) is 1.19. The van der Waals surface area contributed by atoms with Crippen molar-refractivity contribution in [3.8, 4) is 0 Å². The highest BCUT2D eigenvalue weighted by Crippen LogP contribution is 2.17. The van der Waals surface area contributed by atoms with Crippen molar-refractivity contribution in [1.29, 1.82) is 0 Å². The molecule has 1 heterocycles. The fourth-order valence-corrected chi connectivity index (χ4v) is 1.86. The second kappa shape index (κ2) is 5.82. The lowest BCUT2D eigenvalue weighted by molar-refractivity contribution is -0.120. The number of aromatic nitrogens is 1. The average Bonchev–Trinajstić information content (AvgIpc) is 2.73. The Morgan fingerprint density at radius 3 is 3.06 bits per heavy atom. The molecule has 0 atom stereocenters. The molecule has 2 aromatic rings. The van der Waals surface area contributed by atoms with Crippen LogP contribution in [0.3, 0.4) is 0 Å². The molecule has 4 nitrogen and oxygen atoms in total. The molecule has 17 heavy (non-hydrogen) atoms. The third-order valence-corrected chi connectivity index (χ3v) is 2.97. The van der Waals surface area contributed by atoms with Gasteiger partial charge in [0.05, 0.1) is 6.42 Å². The topological polar surface area (TPSA) is 55.1 Å². The van der Waals surface area contributed by atoms with Gasteiger partial charge in [0.1, 0.15) is 5.69 Å². The molecule has 1 N–H and O–H groups in total. The summed E-state index contributed by atoms with van der Waals surface area (Å²) in [5, 5.41) is 8.55. The fourth-order valence-electron chi connectivity index (χ4n) is 1.57. The molecule has 1 aromatic heterocycles. The minimum atomic E-state index is -0.0231. The van der Waals surface area contributed by atoms with Gasteiger partial charge >= 0.3 is 0 Å². The van der Waals surface area contributed by atoms with Crippen LogP contribution in [0.2, 0.25) is 0 Å². The van der Waals surface area contributed by atoms with Gasteiger partial charge in [-0.2, -0.15) is 0 Å². The van der Waals surface area contributed by atoms with E-state index in [1.165, 1.54) is 0 Å². The number of hydrogen-bond acceptors (Lipinski definition) is 3. The van der Waals surface area contributed by atoms with Crippen molar-refractivity contribution in [3.05, 3.63) is 30.0 Å². The van der Waals surface area contributed by atoms with Crippen LogP contribution in [0.15, 0.2) is 28.8 Å². The number of nitrogens with zero attached hydrogens (tertiary/aromatic N) is 1. The molecule has 0 fully saturated rings. The Morgan fingerprint density at radius 2 is 2.24 bits per heavy atom. The third kappa shape index (κ3) is 3.06. The van der Waals surface area contributed by atoms with Gasteiger partial charge in [0.2, 0.25) is 5.91 Å². The molecule has 0 radical (unpaired) electrons. The van der Waals surface area contributed by atoms with E-state index in [9.17, 15) is 4.79 Å². The molecule has 5 heteroatoms. The molecule has 0 unspecified atom stereocenters. The maximum Gasteiger partial charge on any atom is 0.226 e. The first-order valence-corrected chi connectivity index (χ1v) is 6.59. The zero-order valence-corrected chi connectivity index (χ0v) is 10.9. The Morgan fingerprint density at radius 1 is 1.41 bits per heavy atom. The second-order valence-corrected chi connectivity index (χ2v) is 4.49. The van der Waals surface area contributed by atoms with Crippen molar-refractivity contribution < 1.29 is 9.32 Å². The average molecular weight is 297 g/mol. The van der Waals surface area contributed by atoms with E-state index in [1.807, 2.05) is 24.3 Å². The van der Waals surface area contributed by atoms with Crippen molar-refractivity contribution in [1.82, 2.24) is 10.5 Å². The van der Waals surface area contributed by atoms with E-state index in [-0.39, 0.29) is 12.3 Å². The van der Waals surface area contributed by atoms with Gasteiger partial charge in [0.25, 0.3) is 0 Å². The van der Waals surface area contributed by atoms with E-state index >= 15 is 0 Å². The summed E-state index contributed by atoms with van der Waals surface area (Å²) >= 11 is 3.31. The van der Waals surface area contributed by atoms with E-state index in [1.54, 1.807) is 0 Å². The molecule has 0 aliphatic carbocycles. The highest BCUT2D eigenvalue weighted by Gasteiger charge is 2.11. The van der Waals surface area contributed by atoms with E-state index in [4.69, 9.17) is 4.52 Å². The van der Waals surface area contributed by atoms with Gasteiger partial charge < -0.3 is 9.84 Å². The van der Waals surface area contributed by atoms with Gasteiger partial charge in [-0.25, -0.2) is 0 Å². The molecular weight excluding hydrogens is 284 g/mol. The number of carbonyl (C=O) groups is 1. The molecule has 0 bridgehead atoms. The standard InChI is InChI=1S/C12H13BrN2O2/c13-6-3-7-14-12(16)8-10-9-4-1-2-5-11(9)17-15-10/h1-2,4-5H,3,6-8H2,(H,14,16). The number of fused-ring (bicyclic) bond motifs is 1. The first-order chi connectivity index (χ1) is 8.31. The number of carbonyl (C=O) groups excluding carboxylic acids is 1. The number of amides is 1. The Balaban J connectivity index is 2.01. The van der Waals surface area contributed by atoms with Crippen LogP contribution in [0, 0.1) is 0 Å². The van der Waals surface area contributed by atoms with Crippen LogP contribution in [0.1, 0.15) is 12.1 Å². The number of halogens is 1. The molecule has 90 valence electrons. The van der Waals surface area contributed by atoms with Crippen molar-refractivity contribution in [2.75, 3.05) is 11.9 Å². The summed E-state index contributed by atoms with van der Waals surface area (Å²) in [6, 6.07) is 7.54. The summed E-state index contributed by atoms with van der Waals surface area (Å²) in [7, 11) is 0. The normalized spacial score (nSPS) is 10.6. The highest BCUT2D eigenvalue weighted by molar-refractivity contribution is 9.09. The Kier molecular flexibility index (Phi) is 4.14. The molecule has 0 saturated heterocycles. The lowest BCUT2D eigenvalue weighted by Gasteiger charge is -2.01.